The van der Waals surface area contributed by atoms with Gasteiger partial charge in [0, 0.05) is 0 Å². The first-order valence-corrected chi connectivity index (χ1v) is 4.27. The Labute approximate surface area is 76.4 Å². The highest BCUT2D eigenvalue weighted by molar-refractivity contribution is 6.23. The Morgan fingerprint density at radius 2 is 1.54 bits per heavy atom. The highest BCUT2D eigenvalue weighted by Gasteiger charge is 2.27. The Hall–Kier alpha value is -1.63. The maximum atomic E-state index is 11.1. The number of benzene rings is 1. The number of hydrogen-bond donors (Lipinski definition) is 0. The summed E-state index contributed by atoms with van der Waals surface area (Å²) in [6, 6.07) is 8.16. The van der Waals surface area contributed by atoms with Gasteiger partial charge in [-0.2, -0.15) is 0 Å². The van der Waals surface area contributed by atoms with Gasteiger partial charge >= 0.3 is 0 Å². The average molecular weight is 167 g/mol. The molecule has 0 N–H and O–H groups in total. The SMILES string of the molecule is O=C1[CH]C2=C(C=C1)c1ccccc12. The molecule has 1 radical (unpaired) electrons. The number of allylic oxidation sites excluding steroid dienone is 4. The average Bonchev–Trinajstić information content (AvgIpc) is 2.15. The van der Waals surface area contributed by atoms with Gasteiger partial charge in [-0.3, -0.25) is 4.79 Å². The first-order chi connectivity index (χ1) is 6.36. The number of ketones is 1. The maximum absolute atomic E-state index is 11.1. The molecule has 3 rings (SSSR count). The van der Waals surface area contributed by atoms with Gasteiger partial charge in [0.25, 0.3) is 0 Å². The van der Waals surface area contributed by atoms with Crippen LogP contribution in [0.2, 0.25) is 0 Å². The molecule has 0 saturated heterocycles. The molecule has 1 nitrogen and oxygen atoms in total. The molecule has 0 saturated carbocycles. The summed E-state index contributed by atoms with van der Waals surface area (Å²) in [6.07, 6.45) is 5.23. The third-order valence-corrected chi connectivity index (χ3v) is 2.50. The molecule has 0 fully saturated rings. The molecule has 0 bridgehead atoms. The van der Waals surface area contributed by atoms with Crippen molar-refractivity contribution in [3.05, 3.63) is 54.0 Å². The standard InChI is InChI=1S/C12H7O/c13-8-5-6-11-9-3-1-2-4-10(9)12(11)7-8/h1-7H. The van der Waals surface area contributed by atoms with Gasteiger partial charge in [0.2, 0.25) is 0 Å². The van der Waals surface area contributed by atoms with Crippen molar-refractivity contribution in [2.45, 2.75) is 0 Å². The largest absolute Gasteiger partial charge is 0.294 e. The van der Waals surface area contributed by atoms with Gasteiger partial charge in [-0.25, -0.2) is 0 Å². The summed E-state index contributed by atoms with van der Waals surface area (Å²) in [5.41, 5.74) is 4.77. The molecule has 0 unspecified atom stereocenters. The van der Waals surface area contributed by atoms with Crippen LogP contribution in [-0.4, -0.2) is 5.78 Å². The van der Waals surface area contributed by atoms with E-state index >= 15 is 0 Å². The van der Waals surface area contributed by atoms with E-state index in [0.29, 0.717) is 0 Å². The molecule has 2 aliphatic carbocycles. The van der Waals surface area contributed by atoms with Crippen LogP contribution < -0.4 is 0 Å². The van der Waals surface area contributed by atoms with E-state index in [1.807, 2.05) is 18.2 Å². The third-order valence-electron chi connectivity index (χ3n) is 2.50. The lowest BCUT2D eigenvalue weighted by molar-refractivity contribution is -0.111. The van der Waals surface area contributed by atoms with E-state index in [1.165, 1.54) is 16.7 Å². The summed E-state index contributed by atoms with van der Waals surface area (Å²) in [4.78, 5) is 11.1. The lowest BCUT2D eigenvalue weighted by atomic mass is 9.76. The Morgan fingerprint density at radius 3 is 2.31 bits per heavy atom. The van der Waals surface area contributed by atoms with E-state index in [0.717, 1.165) is 5.57 Å². The van der Waals surface area contributed by atoms with Crippen molar-refractivity contribution in [2.24, 2.45) is 0 Å². The second-order valence-electron chi connectivity index (χ2n) is 3.25. The second kappa shape index (κ2) is 2.19. The summed E-state index contributed by atoms with van der Waals surface area (Å²) in [6.45, 7) is 0. The van der Waals surface area contributed by atoms with Crippen LogP contribution in [0.5, 0.6) is 0 Å². The van der Waals surface area contributed by atoms with Crippen molar-refractivity contribution in [1.82, 2.24) is 0 Å². The smallest absolute Gasteiger partial charge is 0.164 e. The summed E-state index contributed by atoms with van der Waals surface area (Å²) in [5.74, 6) is 0.0910. The molecule has 0 atom stereocenters. The molecule has 0 spiro atoms. The molecule has 1 aromatic rings. The van der Waals surface area contributed by atoms with Crippen molar-refractivity contribution in [2.75, 3.05) is 0 Å². The zero-order valence-electron chi connectivity index (χ0n) is 6.95. The molecular weight excluding hydrogens is 160 g/mol. The van der Waals surface area contributed by atoms with Gasteiger partial charge < -0.3 is 0 Å². The van der Waals surface area contributed by atoms with Gasteiger partial charge in [0.1, 0.15) is 0 Å². The van der Waals surface area contributed by atoms with E-state index in [1.54, 1.807) is 12.5 Å². The first-order valence-electron chi connectivity index (χ1n) is 4.27. The van der Waals surface area contributed by atoms with Gasteiger partial charge in [0.15, 0.2) is 5.78 Å². The monoisotopic (exact) mass is 167 g/mol. The van der Waals surface area contributed by atoms with Gasteiger partial charge in [-0.1, -0.05) is 30.3 Å². The van der Waals surface area contributed by atoms with Gasteiger partial charge in [-0.15, -0.1) is 0 Å². The maximum Gasteiger partial charge on any atom is 0.164 e. The number of fused-ring (bicyclic) bond motifs is 3. The first kappa shape index (κ1) is 6.84. The minimum atomic E-state index is 0.0910. The minimum Gasteiger partial charge on any atom is -0.294 e. The summed E-state index contributed by atoms with van der Waals surface area (Å²) >= 11 is 0. The van der Waals surface area contributed by atoms with E-state index in [4.69, 9.17) is 0 Å². The van der Waals surface area contributed by atoms with Crippen LogP contribution in [0, 0.1) is 6.42 Å². The number of carbonyl (C=O) groups is 1. The summed E-state index contributed by atoms with van der Waals surface area (Å²) in [5, 5.41) is 0. The quantitative estimate of drug-likeness (QED) is 0.579. The molecule has 0 aliphatic heterocycles. The lowest BCUT2D eigenvalue weighted by Gasteiger charge is -2.27. The zero-order valence-corrected chi connectivity index (χ0v) is 6.95. The normalized spacial score (nSPS) is 18.0. The van der Waals surface area contributed by atoms with Crippen molar-refractivity contribution in [1.29, 1.82) is 0 Å². The van der Waals surface area contributed by atoms with Crippen LogP contribution in [0.3, 0.4) is 0 Å². The molecule has 0 heterocycles. The molecule has 1 heteroatoms. The van der Waals surface area contributed by atoms with Gasteiger partial charge in [-0.05, 0) is 28.3 Å². The fraction of sp³-hybridized carbons (Fsp3) is 0. The summed E-state index contributed by atoms with van der Waals surface area (Å²) < 4.78 is 0. The fourth-order valence-electron chi connectivity index (χ4n) is 1.87. The minimum absolute atomic E-state index is 0.0910. The molecule has 1 aromatic carbocycles. The zero-order chi connectivity index (χ0) is 8.84. The topological polar surface area (TPSA) is 17.1 Å². The van der Waals surface area contributed by atoms with Crippen molar-refractivity contribution in [3.8, 4) is 0 Å². The molecular formula is C12H7O. The molecule has 0 amide bonds. The van der Waals surface area contributed by atoms with Gasteiger partial charge in [0.05, 0.1) is 6.42 Å². The molecule has 61 valence electrons. The third kappa shape index (κ3) is 0.788. The van der Waals surface area contributed by atoms with Crippen LogP contribution in [0.15, 0.2) is 36.4 Å². The summed E-state index contributed by atoms with van der Waals surface area (Å²) in [7, 11) is 0. The Bertz CT molecular complexity index is 464. The van der Waals surface area contributed by atoms with Crippen LogP contribution in [0.25, 0.3) is 11.1 Å². The predicted molar refractivity (Wildman–Crippen MR) is 51.7 cm³/mol. The van der Waals surface area contributed by atoms with Crippen LogP contribution >= 0.6 is 0 Å². The van der Waals surface area contributed by atoms with E-state index in [2.05, 4.69) is 12.1 Å². The molecule has 13 heavy (non-hydrogen) atoms. The highest BCUT2D eigenvalue weighted by atomic mass is 16.1. The molecule has 0 aromatic heterocycles. The lowest BCUT2D eigenvalue weighted by Crippen LogP contribution is -2.12. The Kier molecular flexibility index (Phi) is 1.15. The molecule has 2 aliphatic rings. The highest BCUT2D eigenvalue weighted by Crippen LogP contribution is 2.44. The predicted octanol–water partition coefficient (Wildman–Crippen LogP) is 2.25. The Balaban J connectivity index is 2.16. The van der Waals surface area contributed by atoms with Crippen molar-refractivity contribution in [3.63, 3.8) is 0 Å². The van der Waals surface area contributed by atoms with E-state index < -0.39 is 0 Å². The second-order valence-corrected chi connectivity index (χ2v) is 3.25. The van der Waals surface area contributed by atoms with Crippen LogP contribution in [-0.2, 0) is 4.79 Å². The van der Waals surface area contributed by atoms with Crippen molar-refractivity contribution < 1.29 is 4.79 Å². The van der Waals surface area contributed by atoms with Crippen LogP contribution in [0.1, 0.15) is 11.1 Å². The van der Waals surface area contributed by atoms with Crippen LogP contribution in [0.4, 0.5) is 0 Å². The van der Waals surface area contributed by atoms with Crippen molar-refractivity contribution >= 4 is 16.9 Å². The fourth-order valence-corrected chi connectivity index (χ4v) is 1.87. The number of carbonyl (C=O) groups excluding carboxylic acids is 1. The Morgan fingerprint density at radius 1 is 0.846 bits per heavy atom. The number of rotatable bonds is 0. The van der Waals surface area contributed by atoms with E-state index in [9.17, 15) is 4.79 Å². The van der Waals surface area contributed by atoms with E-state index in [-0.39, 0.29) is 5.78 Å². The number of hydrogen-bond acceptors (Lipinski definition) is 1.